The van der Waals surface area contributed by atoms with E-state index in [-0.39, 0.29) is 21.7 Å². The molecule has 0 bridgehead atoms. The molecule has 0 saturated carbocycles. The minimum atomic E-state index is 0. The van der Waals surface area contributed by atoms with E-state index in [9.17, 15) is 0 Å². The van der Waals surface area contributed by atoms with Crippen molar-refractivity contribution in [3.05, 3.63) is 27.8 Å². The van der Waals surface area contributed by atoms with Gasteiger partial charge in [-0.1, -0.05) is 52.9 Å². The summed E-state index contributed by atoms with van der Waals surface area (Å²) >= 11 is 0. The maximum Gasteiger partial charge on any atom is 0 e. The summed E-state index contributed by atoms with van der Waals surface area (Å²) in [5.41, 5.74) is 8.23. The quantitative estimate of drug-likeness (QED) is 0.505. The third-order valence-corrected chi connectivity index (χ3v) is 3.63. The minimum Gasteiger partial charge on any atom is -0.195 e. The number of fused-ring (bicyclic) bond motifs is 1. The third kappa shape index (κ3) is 1.75. The average Bonchev–Trinajstić information content (AvgIpc) is 2.41. The Bertz CT molecular complexity index is 291. The van der Waals surface area contributed by atoms with Crippen LogP contribution in [0.25, 0.3) is 0 Å². The van der Waals surface area contributed by atoms with E-state index in [2.05, 4.69) is 20.8 Å². The number of hydrogen-bond acceptors (Lipinski definition) is 0. The van der Waals surface area contributed by atoms with Crippen molar-refractivity contribution >= 4 is 0 Å². The summed E-state index contributed by atoms with van der Waals surface area (Å²) in [4.78, 5) is 0. The third-order valence-electron chi connectivity index (χ3n) is 3.63. The molecule has 0 nitrogen and oxygen atoms in total. The van der Waals surface area contributed by atoms with Crippen LogP contribution in [0.2, 0.25) is 0 Å². The molecule has 1 aromatic carbocycles. The Morgan fingerprint density at radius 3 is 2.43 bits per heavy atom. The Morgan fingerprint density at radius 1 is 1.21 bits per heavy atom. The van der Waals surface area contributed by atoms with Gasteiger partial charge in [0, 0.05) is 21.7 Å². The first-order chi connectivity index (χ1) is 6.25. The van der Waals surface area contributed by atoms with Gasteiger partial charge in [-0.05, 0) is 0 Å². The van der Waals surface area contributed by atoms with Gasteiger partial charge in [-0.3, -0.25) is 0 Å². The Balaban J connectivity index is 0.000000980. The van der Waals surface area contributed by atoms with Gasteiger partial charge in [0.2, 0.25) is 0 Å². The zero-order valence-corrected chi connectivity index (χ0v) is 11.1. The molecular weight excluding hydrogens is 204 g/mol. The normalized spacial score (nSPS) is 14.8. The fourth-order valence-electron chi connectivity index (χ4n) is 2.91. The topological polar surface area (TPSA) is 0 Å². The predicted molar refractivity (Wildman–Crippen MR) is 57.5 cm³/mol. The Morgan fingerprint density at radius 2 is 1.86 bits per heavy atom. The molecule has 14 heavy (non-hydrogen) atoms. The average molecular weight is 223 g/mol. The van der Waals surface area contributed by atoms with Crippen molar-refractivity contribution in [1.82, 2.24) is 0 Å². The maximum absolute atomic E-state index is 2.32. The van der Waals surface area contributed by atoms with E-state index in [1.54, 1.807) is 27.8 Å². The molecule has 0 spiro atoms. The Hall–Kier alpha value is 0.0643. The van der Waals surface area contributed by atoms with Gasteiger partial charge >= 0.3 is 0 Å². The molecule has 1 aliphatic rings. The van der Waals surface area contributed by atoms with Crippen LogP contribution in [-0.4, -0.2) is 0 Å². The van der Waals surface area contributed by atoms with Crippen LogP contribution in [0.15, 0.2) is 0 Å². The smallest absolute Gasteiger partial charge is 0 e. The van der Waals surface area contributed by atoms with Crippen LogP contribution >= 0.6 is 0 Å². The largest absolute Gasteiger partial charge is 0.195 e. The van der Waals surface area contributed by atoms with Crippen LogP contribution < -0.4 is 0 Å². The molecule has 0 amide bonds. The summed E-state index contributed by atoms with van der Waals surface area (Å²) in [6.45, 7) is 6.91. The molecular formula is C13H19Ti-. The van der Waals surface area contributed by atoms with Gasteiger partial charge < -0.3 is 0 Å². The molecule has 0 aromatic heterocycles. The molecule has 0 heterocycles. The van der Waals surface area contributed by atoms with E-state index < -0.39 is 0 Å². The van der Waals surface area contributed by atoms with E-state index in [4.69, 9.17) is 0 Å². The summed E-state index contributed by atoms with van der Waals surface area (Å²) in [6.07, 6.45) is 6.69. The summed E-state index contributed by atoms with van der Waals surface area (Å²) in [5, 5.41) is 0. The van der Waals surface area contributed by atoms with Gasteiger partial charge in [-0.2, -0.15) is 27.8 Å². The van der Waals surface area contributed by atoms with Crippen molar-refractivity contribution in [2.24, 2.45) is 0 Å². The van der Waals surface area contributed by atoms with E-state index in [1.807, 2.05) is 0 Å². The van der Waals surface area contributed by atoms with Crippen LogP contribution in [0.4, 0.5) is 0 Å². The first-order valence-electron chi connectivity index (χ1n) is 5.52. The van der Waals surface area contributed by atoms with Crippen molar-refractivity contribution < 1.29 is 21.7 Å². The number of hydrogen-bond donors (Lipinski definition) is 0. The van der Waals surface area contributed by atoms with Gasteiger partial charge in [-0.15, -0.1) is 0 Å². The zero-order valence-electron chi connectivity index (χ0n) is 9.54. The summed E-state index contributed by atoms with van der Waals surface area (Å²) in [7, 11) is 0. The minimum absolute atomic E-state index is 0. The van der Waals surface area contributed by atoms with Gasteiger partial charge in [0.15, 0.2) is 0 Å². The van der Waals surface area contributed by atoms with E-state index >= 15 is 0 Å². The second-order valence-corrected chi connectivity index (χ2v) is 4.25. The molecule has 76 valence electrons. The van der Waals surface area contributed by atoms with Crippen LogP contribution in [0, 0.1) is 13.8 Å². The van der Waals surface area contributed by atoms with Crippen LogP contribution in [-0.2, 0) is 41.0 Å². The van der Waals surface area contributed by atoms with Gasteiger partial charge in [-0.25, -0.2) is 0 Å². The summed E-state index contributed by atoms with van der Waals surface area (Å²) < 4.78 is 0. The molecule has 0 aliphatic heterocycles. The second-order valence-electron chi connectivity index (χ2n) is 4.25. The van der Waals surface area contributed by atoms with Gasteiger partial charge in [0.25, 0.3) is 0 Å². The molecule has 1 aliphatic carbocycles. The van der Waals surface area contributed by atoms with Gasteiger partial charge in [0.1, 0.15) is 0 Å². The molecule has 0 radical (unpaired) electrons. The van der Waals surface area contributed by atoms with Gasteiger partial charge in [0.05, 0.1) is 0 Å². The fourth-order valence-corrected chi connectivity index (χ4v) is 2.91. The summed E-state index contributed by atoms with van der Waals surface area (Å²) in [5.74, 6) is 0. The molecule has 0 fully saturated rings. The first kappa shape index (κ1) is 12.1. The van der Waals surface area contributed by atoms with Crippen LogP contribution in [0.3, 0.4) is 0 Å². The van der Waals surface area contributed by atoms with E-state index in [0.717, 1.165) is 0 Å². The zero-order chi connectivity index (χ0) is 9.42. The SMILES string of the molecule is CCc1c(C)c2c([c-]1C)CCCC2.[Ti]. The van der Waals surface area contributed by atoms with E-state index in [1.165, 1.54) is 32.1 Å². The van der Waals surface area contributed by atoms with Crippen LogP contribution in [0.5, 0.6) is 0 Å². The monoisotopic (exact) mass is 223 g/mol. The molecule has 0 atom stereocenters. The van der Waals surface area contributed by atoms with Crippen LogP contribution in [0.1, 0.15) is 47.6 Å². The number of rotatable bonds is 1. The van der Waals surface area contributed by atoms with Crippen molar-refractivity contribution in [3.63, 3.8) is 0 Å². The molecule has 2 rings (SSSR count). The maximum atomic E-state index is 2.32. The standard InChI is InChI=1S/C13H19.Ti/c1-4-11-9(2)12-7-5-6-8-13(12)10(11)3;/h4-8H2,1-3H3;/q-1;. The van der Waals surface area contributed by atoms with E-state index in [0.29, 0.717) is 0 Å². The Labute approximate surface area is 102 Å². The predicted octanol–water partition coefficient (Wildman–Crippen LogP) is 3.46. The van der Waals surface area contributed by atoms with Crippen molar-refractivity contribution in [2.75, 3.05) is 0 Å². The van der Waals surface area contributed by atoms with Crippen molar-refractivity contribution in [2.45, 2.75) is 52.9 Å². The molecule has 0 saturated heterocycles. The molecule has 0 unspecified atom stereocenters. The molecule has 1 heteroatoms. The second kappa shape index (κ2) is 4.72. The Kier molecular flexibility index (Phi) is 4.09. The molecule has 1 aromatic rings. The summed E-state index contributed by atoms with van der Waals surface area (Å²) in [6, 6.07) is 0. The van der Waals surface area contributed by atoms with Crippen molar-refractivity contribution in [1.29, 1.82) is 0 Å². The fraction of sp³-hybridized carbons (Fsp3) is 0.615. The van der Waals surface area contributed by atoms with Crippen molar-refractivity contribution in [3.8, 4) is 0 Å². The first-order valence-corrected chi connectivity index (χ1v) is 5.52. The molecule has 0 N–H and O–H groups in total.